The first-order chi connectivity index (χ1) is 9.66. The average molecular weight is 272 g/mol. The molecule has 0 atom stereocenters. The lowest BCUT2D eigenvalue weighted by molar-refractivity contribution is 0.0995. The van der Waals surface area contributed by atoms with Gasteiger partial charge in [0.15, 0.2) is 0 Å². The average Bonchev–Trinajstić information content (AvgIpc) is 2.45. The number of benzene rings is 1. The number of hydrogen-bond donors (Lipinski definition) is 3. The van der Waals surface area contributed by atoms with E-state index in [1.807, 2.05) is 12.1 Å². The molecule has 0 unspecified atom stereocenters. The number of hydrogen-bond acceptors (Lipinski definition) is 5. The molecule has 1 aromatic heterocycles. The number of carbonyl (C=O) groups excluding carboxylic acids is 1. The third-order valence-electron chi connectivity index (χ3n) is 2.59. The van der Waals surface area contributed by atoms with E-state index < -0.39 is 5.91 Å². The van der Waals surface area contributed by atoms with E-state index in [2.05, 4.69) is 10.3 Å². The number of para-hydroxylation sites is 2. The zero-order valence-corrected chi connectivity index (χ0v) is 10.9. The monoisotopic (exact) mass is 272 g/mol. The van der Waals surface area contributed by atoms with E-state index >= 15 is 0 Å². The minimum Gasteiger partial charge on any atom is -0.490 e. The third kappa shape index (κ3) is 3.61. The van der Waals surface area contributed by atoms with Gasteiger partial charge in [-0.25, -0.2) is 4.98 Å². The van der Waals surface area contributed by atoms with Crippen LogP contribution in [0, 0.1) is 0 Å². The topological polar surface area (TPSA) is 103 Å². The van der Waals surface area contributed by atoms with Crippen molar-refractivity contribution >= 4 is 17.4 Å². The number of anilines is 2. The Bertz CT molecular complexity index is 601. The van der Waals surface area contributed by atoms with Crippen molar-refractivity contribution in [1.29, 1.82) is 0 Å². The van der Waals surface area contributed by atoms with Gasteiger partial charge in [-0.15, -0.1) is 0 Å². The minimum absolute atomic E-state index is 0.225. The number of primary amides is 1. The number of nitrogen functional groups attached to an aromatic ring is 1. The number of carbonyl (C=O) groups is 1. The van der Waals surface area contributed by atoms with Crippen LogP contribution in [0.5, 0.6) is 5.75 Å². The van der Waals surface area contributed by atoms with E-state index in [0.717, 1.165) is 0 Å². The molecule has 0 aliphatic rings. The molecule has 20 heavy (non-hydrogen) atoms. The summed E-state index contributed by atoms with van der Waals surface area (Å²) in [5.41, 5.74) is 11.7. The Morgan fingerprint density at radius 3 is 2.75 bits per heavy atom. The fourth-order valence-corrected chi connectivity index (χ4v) is 1.62. The van der Waals surface area contributed by atoms with Crippen molar-refractivity contribution in [2.75, 3.05) is 24.2 Å². The highest BCUT2D eigenvalue weighted by Crippen LogP contribution is 2.19. The second kappa shape index (κ2) is 6.42. The zero-order valence-electron chi connectivity index (χ0n) is 10.9. The summed E-state index contributed by atoms with van der Waals surface area (Å²) in [5, 5.41) is 3.04. The van der Waals surface area contributed by atoms with E-state index in [4.69, 9.17) is 16.2 Å². The van der Waals surface area contributed by atoms with E-state index in [1.54, 1.807) is 30.3 Å². The van der Waals surface area contributed by atoms with Crippen molar-refractivity contribution in [3.8, 4) is 5.75 Å². The van der Waals surface area contributed by atoms with Gasteiger partial charge in [-0.3, -0.25) is 4.79 Å². The van der Waals surface area contributed by atoms with Gasteiger partial charge in [0.2, 0.25) is 0 Å². The smallest absolute Gasteiger partial charge is 0.267 e. The molecule has 0 radical (unpaired) electrons. The maximum atomic E-state index is 11.0. The molecule has 0 saturated heterocycles. The molecule has 1 amide bonds. The first-order valence-corrected chi connectivity index (χ1v) is 6.15. The molecule has 0 saturated carbocycles. The lowest BCUT2D eigenvalue weighted by Crippen LogP contribution is -2.16. The molecule has 6 heteroatoms. The molecule has 0 fully saturated rings. The van der Waals surface area contributed by atoms with Gasteiger partial charge < -0.3 is 21.5 Å². The van der Waals surface area contributed by atoms with Gasteiger partial charge in [0.25, 0.3) is 5.91 Å². The summed E-state index contributed by atoms with van der Waals surface area (Å²) < 4.78 is 5.53. The van der Waals surface area contributed by atoms with Gasteiger partial charge in [-0.05, 0) is 24.3 Å². The van der Waals surface area contributed by atoms with Gasteiger partial charge in [0.05, 0.1) is 12.2 Å². The molecule has 2 rings (SSSR count). The van der Waals surface area contributed by atoms with Crippen LogP contribution in [-0.2, 0) is 0 Å². The van der Waals surface area contributed by atoms with Crippen LogP contribution in [0.4, 0.5) is 11.5 Å². The molecule has 2 aromatic rings. The Balaban J connectivity index is 1.83. The molecule has 0 aliphatic carbocycles. The summed E-state index contributed by atoms with van der Waals surface area (Å²) >= 11 is 0. The number of pyridine rings is 1. The molecule has 0 bridgehead atoms. The standard InChI is InChI=1S/C14H16N4O2/c15-10-4-1-2-6-12(10)20-9-8-17-13-7-3-5-11(18-13)14(16)19/h1-7H,8-9,15H2,(H2,16,19)(H,17,18). The Labute approximate surface area is 116 Å². The number of nitrogens with zero attached hydrogens (tertiary/aromatic N) is 1. The summed E-state index contributed by atoms with van der Waals surface area (Å²) in [7, 11) is 0. The van der Waals surface area contributed by atoms with Crippen LogP contribution in [0.15, 0.2) is 42.5 Å². The summed E-state index contributed by atoms with van der Waals surface area (Å²) in [6.45, 7) is 0.959. The fourth-order valence-electron chi connectivity index (χ4n) is 1.62. The second-order valence-electron chi connectivity index (χ2n) is 4.09. The van der Waals surface area contributed by atoms with Crippen molar-refractivity contribution in [2.45, 2.75) is 0 Å². The van der Waals surface area contributed by atoms with E-state index in [1.165, 1.54) is 0 Å². The Morgan fingerprint density at radius 2 is 2.00 bits per heavy atom. The van der Waals surface area contributed by atoms with Gasteiger partial charge in [0.1, 0.15) is 23.9 Å². The van der Waals surface area contributed by atoms with E-state index in [0.29, 0.717) is 30.4 Å². The van der Waals surface area contributed by atoms with Crippen molar-refractivity contribution in [3.63, 3.8) is 0 Å². The lowest BCUT2D eigenvalue weighted by atomic mass is 10.3. The maximum absolute atomic E-state index is 11.0. The normalized spacial score (nSPS) is 10.0. The molecule has 0 spiro atoms. The number of aromatic nitrogens is 1. The second-order valence-corrected chi connectivity index (χ2v) is 4.09. The largest absolute Gasteiger partial charge is 0.490 e. The molecular formula is C14H16N4O2. The quantitative estimate of drug-likeness (QED) is 0.542. The Kier molecular flexibility index (Phi) is 4.39. The highest BCUT2D eigenvalue weighted by Gasteiger charge is 2.03. The predicted octanol–water partition coefficient (Wildman–Crippen LogP) is 1.25. The zero-order chi connectivity index (χ0) is 14.4. The molecule has 5 N–H and O–H groups in total. The van der Waals surface area contributed by atoms with Crippen molar-refractivity contribution in [3.05, 3.63) is 48.2 Å². The van der Waals surface area contributed by atoms with Gasteiger partial charge in [0, 0.05) is 0 Å². The summed E-state index contributed by atoms with van der Waals surface area (Å²) in [6, 6.07) is 12.3. The molecule has 104 valence electrons. The number of amides is 1. The first-order valence-electron chi connectivity index (χ1n) is 6.15. The summed E-state index contributed by atoms with van der Waals surface area (Å²) in [4.78, 5) is 15.1. The molecule has 1 aromatic carbocycles. The van der Waals surface area contributed by atoms with E-state index in [-0.39, 0.29) is 5.69 Å². The molecule has 6 nitrogen and oxygen atoms in total. The number of nitrogens with two attached hydrogens (primary N) is 2. The molecular weight excluding hydrogens is 256 g/mol. The van der Waals surface area contributed by atoms with Crippen molar-refractivity contribution in [2.24, 2.45) is 5.73 Å². The highest BCUT2D eigenvalue weighted by atomic mass is 16.5. The number of rotatable bonds is 6. The van der Waals surface area contributed by atoms with Crippen LogP contribution in [0.25, 0.3) is 0 Å². The number of ether oxygens (including phenoxy) is 1. The lowest BCUT2D eigenvalue weighted by Gasteiger charge is -2.10. The van der Waals surface area contributed by atoms with Crippen LogP contribution < -0.4 is 21.5 Å². The van der Waals surface area contributed by atoms with Crippen LogP contribution in [0.3, 0.4) is 0 Å². The Hall–Kier alpha value is -2.76. The van der Waals surface area contributed by atoms with Crippen LogP contribution >= 0.6 is 0 Å². The minimum atomic E-state index is -0.554. The van der Waals surface area contributed by atoms with Gasteiger partial charge in [-0.1, -0.05) is 18.2 Å². The summed E-state index contributed by atoms with van der Waals surface area (Å²) in [6.07, 6.45) is 0. The van der Waals surface area contributed by atoms with Crippen molar-refractivity contribution < 1.29 is 9.53 Å². The summed E-state index contributed by atoms with van der Waals surface area (Å²) in [5.74, 6) is 0.668. The fraction of sp³-hybridized carbons (Fsp3) is 0.143. The predicted molar refractivity (Wildman–Crippen MR) is 77.6 cm³/mol. The third-order valence-corrected chi connectivity index (χ3v) is 2.59. The molecule has 0 aliphatic heterocycles. The van der Waals surface area contributed by atoms with Crippen LogP contribution in [-0.4, -0.2) is 24.0 Å². The van der Waals surface area contributed by atoms with Crippen LogP contribution in [0.2, 0.25) is 0 Å². The van der Waals surface area contributed by atoms with Gasteiger partial charge >= 0.3 is 0 Å². The highest BCUT2D eigenvalue weighted by molar-refractivity contribution is 5.91. The van der Waals surface area contributed by atoms with Crippen LogP contribution in [0.1, 0.15) is 10.5 Å². The first kappa shape index (κ1) is 13.7. The van der Waals surface area contributed by atoms with E-state index in [9.17, 15) is 4.79 Å². The number of nitrogens with one attached hydrogen (secondary N) is 1. The Morgan fingerprint density at radius 1 is 1.20 bits per heavy atom. The molecule has 1 heterocycles. The SMILES string of the molecule is NC(=O)c1cccc(NCCOc2ccccc2N)n1. The van der Waals surface area contributed by atoms with Gasteiger partial charge in [-0.2, -0.15) is 0 Å². The van der Waals surface area contributed by atoms with Crippen molar-refractivity contribution in [1.82, 2.24) is 4.98 Å². The maximum Gasteiger partial charge on any atom is 0.267 e.